The number of amides is 1. The van der Waals surface area contributed by atoms with E-state index in [1.165, 1.54) is 0 Å². The number of anilines is 1. The van der Waals surface area contributed by atoms with Crippen molar-refractivity contribution in [3.05, 3.63) is 87.1 Å². The molecule has 0 bridgehead atoms. The van der Waals surface area contributed by atoms with Crippen LogP contribution < -0.4 is 10.0 Å². The average molecular weight is 435 g/mol. The van der Waals surface area contributed by atoms with Crippen molar-refractivity contribution in [1.82, 2.24) is 5.32 Å². The van der Waals surface area contributed by atoms with E-state index in [1.807, 2.05) is 17.5 Å². The second kappa shape index (κ2) is 9.23. The molecule has 146 valence electrons. The molecule has 0 saturated heterocycles. The van der Waals surface area contributed by atoms with E-state index in [0.717, 1.165) is 10.4 Å². The van der Waals surface area contributed by atoms with Gasteiger partial charge in [0, 0.05) is 15.6 Å². The molecular formula is C20H19ClN2O3S2. The van der Waals surface area contributed by atoms with Crippen LogP contribution in [0.5, 0.6) is 0 Å². The molecule has 2 N–H and O–H groups in total. The number of thiophene rings is 1. The second-order valence-electron chi connectivity index (χ2n) is 6.22. The number of sulfonamides is 1. The van der Waals surface area contributed by atoms with E-state index in [9.17, 15) is 13.2 Å². The van der Waals surface area contributed by atoms with Gasteiger partial charge in [-0.3, -0.25) is 9.52 Å². The van der Waals surface area contributed by atoms with Crippen molar-refractivity contribution in [3.63, 3.8) is 0 Å². The van der Waals surface area contributed by atoms with Crippen molar-refractivity contribution in [3.8, 4) is 0 Å². The fourth-order valence-corrected chi connectivity index (χ4v) is 4.64. The summed E-state index contributed by atoms with van der Waals surface area (Å²) in [6.45, 7) is 0.512. The Morgan fingerprint density at radius 2 is 1.79 bits per heavy atom. The molecule has 3 aromatic rings. The van der Waals surface area contributed by atoms with Gasteiger partial charge < -0.3 is 5.32 Å². The third kappa shape index (κ3) is 6.37. The Labute approximate surface area is 173 Å². The van der Waals surface area contributed by atoms with E-state index in [2.05, 4.69) is 10.0 Å². The van der Waals surface area contributed by atoms with Crippen molar-refractivity contribution in [2.24, 2.45) is 0 Å². The van der Waals surface area contributed by atoms with Gasteiger partial charge >= 0.3 is 0 Å². The molecule has 0 atom stereocenters. The lowest BCUT2D eigenvalue weighted by Crippen LogP contribution is -2.24. The molecular weight excluding hydrogens is 416 g/mol. The van der Waals surface area contributed by atoms with Crippen molar-refractivity contribution in [2.45, 2.75) is 18.7 Å². The first-order chi connectivity index (χ1) is 13.4. The summed E-state index contributed by atoms with van der Waals surface area (Å²) in [7, 11) is -3.56. The highest BCUT2D eigenvalue weighted by molar-refractivity contribution is 7.91. The Bertz CT molecular complexity index is 1030. The molecule has 0 spiro atoms. The van der Waals surface area contributed by atoms with Crippen LogP contribution in [-0.4, -0.2) is 14.3 Å². The molecule has 1 amide bonds. The number of halogens is 1. The van der Waals surface area contributed by atoms with Crippen molar-refractivity contribution in [1.29, 1.82) is 0 Å². The number of rotatable bonds is 8. The first-order valence-corrected chi connectivity index (χ1v) is 11.4. The smallest absolute Gasteiger partial charge is 0.236 e. The highest BCUT2D eigenvalue weighted by atomic mass is 35.5. The number of hydrogen-bond acceptors (Lipinski definition) is 4. The molecule has 0 aliphatic carbocycles. The van der Waals surface area contributed by atoms with Crippen molar-refractivity contribution < 1.29 is 13.2 Å². The van der Waals surface area contributed by atoms with Gasteiger partial charge in [0.2, 0.25) is 15.9 Å². The summed E-state index contributed by atoms with van der Waals surface area (Å²) >= 11 is 7.49. The lowest BCUT2D eigenvalue weighted by molar-refractivity contribution is -0.120. The summed E-state index contributed by atoms with van der Waals surface area (Å²) < 4.78 is 27.2. The fraction of sp³-hybridized carbons (Fsp3) is 0.150. The molecule has 0 radical (unpaired) electrons. The monoisotopic (exact) mass is 434 g/mol. The van der Waals surface area contributed by atoms with Gasteiger partial charge in [0.15, 0.2) is 0 Å². The molecule has 2 aromatic carbocycles. The van der Waals surface area contributed by atoms with E-state index in [4.69, 9.17) is 11.6 Å². The number of carbonyl (C=O) groups is 1. The first-order valence-electron chi connectivity index (χ1n) is 8.52. The van der Waals surface area contributed by atoms with Crippen LogP contribution in [-0.2, 0) is 33.5 Å². The maximum atomic E-state index is 12.3. The molecule has 0 saturated carbocycles. The molecule has 1 aromatic heterocycles. The summed E-state index contributed by atoms with van der Waals surface area (Å²) in [5.74, 6) is -0.247. The third-order valence-corrected chi connectivity index (χ3v) is 6.25. The van der Waals surface area contributed by atoms with E-state index < -0.39 is 10.0 Å². The quantitative estimate of drug-likeness (QED) is 0.557. The Morgan fingerprint density at radius 1 is 1.00 bits per heavy atom. The summed E-state index contributed by atoms with van der Waals surface area (Å²) in [6.07, 6.45) is 0.237. The van der Waals surface area contributed by atoms with Crippen LogP contribution in [0.15, 0.2) is 66.0 Å². The highest BCUT2D eigenvalue weighted by Gasteiger charge is 2.12. The second-order valence-corrected chi connectivity index (χ2v) is 9.41. The van der Waals surface area contributed by atoms with Gasteiger partial charge in [-0.1, -0.05) is 41.9 Å². The Hall–Kier alpha value is -2.35. The van der Waals surface area contributed by atoms with Crippen LogP contribution in [0.3, 0.4) is 0 Å². The van der Waals surface area contributed by atoms with E-state index in [1.54, 1.807) is 59.9 Å². The highest BCUT2D eigenvalue weighted by Crippen LogP contribution is 2.17. The molecule has 28 heavy (non-hydrogen) atoms. The van der Waals surface area contributed by atoms with Crippen molar-refractivity contribution in [2.75, 3.05) is 4.72 Å². The van der Waals surface area contributed by atoms with Gasteiger partial charge in [-0.15, -0.1) is 11.3 Å². The zero-order valence-corrected chi connectivity index (χ0v) is 17.3. The van der Waals surface area contributed by atoms with Crippen LogP contribution in [0, 0.1) is 0 Å². The van der Waals surface area contributed by atoms with Crippen LogP contribution >= 0.6 is 22.9 Å². The molecule has 5 nitrogen and oxygen atoms in total. The van der Waals surface area contributed by atoms with Crippen LogP contribution in [0.25, 0.3) is 0 Å². The number of hydrogen-bond donors (Lipinski definition) is 2. The summed E-state index contributed by atoms with van der Waals surface area (Å²) in [6, 6.07) is 17.4. The lowest BCUT2D eigenvalue weighted by Gasteiger charge is -2.09. The number of carbonyl (C=O) groups excluding carboxylic acids is 1. The summed E-state index contributed by atoms with van der Waals surface area (Å²) in [5, 5.41) is 5.33. The van der Waals surface area contributed by atoms with Crippen LogP contribution in [0.4, 0.5) is 5.69 Å². The van der Waals surface area contributed by atoms with Gasteiger partial charge in [-0.2, -0.15) is 0 Å². The molecule has 8 heteroatoms. The normalized spacial score (nSPS) is 11.2. The zero-order valence-electron chi connectivity index (χ0n) is 14.9. The topological polar surface area (TPSA) is 75.3 Å². The van der Waals surface area contributed by atoms with Gasteiger partial charge in [0.05, 0.1) is 18.7 Å². The van der Waals surface area contributed by atoms with Gasteiger partial charge in [0.1, 0.15) is 0 Å². The number of nitrogens with one attached hydrogen (secondary N) is 2. The predicted octanol–water partition coefficient (Wildman–Crippen LogP) is 4.20. The van der Waals surface area contributed by atoms with Gasteiger partial charge in [-0.25, -0.2) is 8.42 Å². The maximum absolute atomic E-state index is 12.3. The van der Waals surface area contributed by atoms with Crippen LogP contribution in [0.2, 0.25) is 5.02 Å². The summed E-state index contributed by atoms with van der Waals surface area (Å²) in [4.78, 5) is 13.1. The minimum absolute atomic E-state index is 0.0808. The molecule has 0 aliphatic heterocycles. The largest absolute Gasteiger partial charge is 0.351 e. The predicted molar refractivity (Wildman–Crippen MR) is 114 cm³/mol. The van der Waals surface area contributed by atoms with Gasteiger partial charge in [0.25, 0.3) is 0 Å². The molecule has 0 unspecified atom stereocenters. The van der Waals surface area contributed by atoms with E-state index in [0.29, 0.717) is 22.8 Å². The number of benzene rings is 2. The fourth-order valence-electron chi connectivity index (χ4n) is 2.60. The lowest BCUT2D eigenvalue weighted by atomic mass is 10.1. The molecule has 0 fully saturated rings. The zero-order chi connectivity index (χ0) is 20.0. The third-order valence-electron chi connectivity index (χ3n) is 3.88. The standard InChI is InChI=1S/C20H19ClN2O3S2/c21-17-4-1-3-16(11-17)14-28(25,26)23-18-8-6-15(7-9-18)12-20(24)22-13-19-5-2-10-27-19/h1-11,23H,12-14H2,(H,22,24). The van der Waals surface area contributed by atoms with E-state index in [-0.39, 0.29) is 18.1 Å². The summed E-state index contributed by atoms with van der Waals surface area (Å²) in [5.41, 5.74) is 1.87. The average Bonchev–Trinajstić information content (AvgIpc) is 3.14. The maximum Gasteiger partial charge on any atom is 0.236 e. The SMILES string of the molecule is O=C(Cc1ccc(NS(=O)(=O)Cc2cccc(Cl)c2)cc1)NCc1cccs1. The van der Waals surface area contributed by atoms with E-state index >= 15 is 0 Å². The minimum Gasteiger partial charge on any atom is -0.351 e. The minimum atomic E-state index is -3.56. The van der Waals surface area contributed by atoms with Gasteiger partial charge in [-0.05, 0) is 46.8 Å². The van der Waals surface area contributed by atoms with Crippen molar-refractivity contribution >= 4 is 44.6 Å². The molecule has 1 heterocycles. The first kappa shape index (κ1) is 20.4. The van der Waals surface area contributed by atoms with Crippen LogP contribution in [0.1, 0.15) is 16.0 Å². The molecule has 0 aliphatic rings. The Kier molecular flexibility index (Phi) is 6.72. The Balaban J connectivity index is 1.54. The molecule has 3 rings (SSSR count). The Morgan fingerprint density at radius 3 is 2.46 bits per heavy atom.